The topological polar surface area (TPSA) is 157 Å². The van der Waals surface area contributed by atoms with E-state index in [1.165, 1.54) is 67.5 Å². The second-order valence-corrected chi connectivity index (χ2v) is 26.0. The van der Waals surface area contributed by atoms with Crippen molar-refractivity contribution in [2.45, 2.75) is 191 Å². The monoisotopic (exact) mass is 1130 g/mol. The van der Waals surface area contributed by atoms with E-state index in [-0.39, 0.29) is 36.2 Å². The van der Waals surface area contributed by atoms with E-state index in [1.807, 2.05) is 31.7 Å². The van der Waals surface area contributed by atoms with E-state index < -0.39 is 29.5 Å². The number of nitrogens with one attached hydrogen (secondary N) is 2. The number of aryl methyl sites for hydroxylation is 4. The zero-order valence-electron chi connectivity index (χ0n) is 48.8. The molecule has 0 bridgehead atoms. The Morgan fingerprint density at radius 2 is 1.13 bits per heavy atom. The van der Waals surface area contributed by atoms with E-state index in [0.717, 1.165) is 150 Å². The number of esters is 1. The van der Waals surface area contributed by atoms with E-state index in [4.69, 9.17) is 33.7 Å². The fraction of sp³-hybridized carbons (Fsp3) is 0.636. The number of anilines is 2. The van der Waals surface area contributed by atoms with Crippen LogP contribution in [0.2, 0.25) is 0 Å². The van der Waals surface area contributed by atoms with Gasteiger partial charge in [0.05, 0.1) is 37.6 Å². The van der Waals surface area contributed by atoms with Crippen LogP contribution < -0.4 is 10.6 Å². The number of benzene rings is 2. The highest BCUT2D eigenvalue weighted by Gasteiger charge is 2.48. The molecule has 8 aliphatic rings. The van der Waals surface area contributed by atoms with Crippen molar-refractivity contribution in [2.75, 3.05) is 76.3 Å². The largest absolute Gasteiger partial charge is 0.480 e. The van der Waals surface area contributed by atoms with Gasteiger partial charge in [-0.1, -0.05) is 24.3 Å². The summed E-state index contributed by atoms with van der Waals surface area (Å²) in [6.07, 6.45) is 20.4. The molecular formula is C66H88F2N6O8. The van der Waals surface area contributed by atoms with Crippen molar-refractivity contribution in [3.63, 3.8) is 0 Å². The number of aromatic nitrogens is 2. The third kappa shape index (κ3) is 14.9. The number of pyridine rings is 2. The molecule has 2 saturated carbocycles. The van der Waals surface area contributed by atoms with Gasteiger partial charge in [-0.3, -0.25) is 14.6 Å². The average molecular weight is 1130 g/mol. The molecule has 4 unspecified atom stereocenters. The van der Waals surface area contributed by atoms with Crippen LogP contribution in [0.5, 0.6) is 0 Å². The maximum atomic E-state index is 14.8. The number of carbonyl (C=O) groups excluding carboxylic acids is 1. The van der Waals surface area contributed by atoms with Crippen LogP contribution in [0.3, 0.4) is 0 Å². The molecule has 12 rings (SSSR count). The van der Waals surface area contributed by atoms with Gasteiger partial charge in [0.25, 0.3) is 0 Å². The lowest BCUT2D eigenvalue weighted by molar-refractivity contribution is -0.161. The number of carboxylic acid groups (broad SMARTS) is 1. The molecular weight excluding hydrogens is 1040 g/mol. The molecule has 0 radical (unpaired) electrons. The van der Waals surface area contributed by atoms with Gasteiger partial charge in [0.2, 0.25) is 0 Å². The van der Waals surface area contributed by atoms with Gasteiger partial charge in [0.15, 0.2) is 0 Å². The summed E-state index contributed by atoms with van der Waals surface area (Å²) in [6, 6.07) is 16.5. The molecule has 2 aliphatic carbocycles. The summed E-state index contributed by atoms with van der Waals surface area (Å²) < 4.78 is 60.1. The van der Waals surface area contributed by atoms with Gasteiger partial charge in [0, 0.05) is 63.9 Å². The van der Waals surface area contributed by atoms with Crippen LogP contribution in [-0.2, 0) is 59.0 Å². The summed E-state index contributed by atoms with van der Waals surface area (Å²) in [5.41, 5.74) is 7.81. The molecule has 2 aromatic carbocycles. The number of carboxylic acids is 1. The molecule has 4 saturated heterocycles. The minimum atomic E-state index is -0.955. The highest BCUT2D eigenvalue weighted by Crippen LogP contribution is 2.56. The number of hydrogen-bond acceptors (Lipinski definition) is 13. The molecule has 8 heterocycles. The van der Waals surface area contributed by atoms with Crippen LogP contribution >= 0.6 is 0 Å². The molecule has 6 aliphatic heterocycles. The summed E-state index contributed by atoms with van der Waals surface area (Å²) in [5, 5.41) is 17.1. The van der Waals surface area contributed by atoms with Crippen LogP contribution in [0.25, 0.3) is 0 Å². The molecule has 6 atom stereocenters. The molecule has 2 spiro atoms. The van der Waals surface area contributed by atoms with E-state index in [2.05, 4.69) is 39.8 Å². The Morgan fingerprint density at radius 1 is 0.659 bits per heavy atom. The summed E-state index contributed by atoms with van der Waals surface area (Å²) in [7, 11) is 0. The Bertz CT molecular complexity index is 2840. The number of halogens is 2. The lowest BCUT2D eigenvalue weighted by Crippen LogP contribution is -2.38. The van der Waals surface area contributed by atoms with E-state index >= 15 is 0 Å². The van der Waals surface area contributed by atoms with Crippen LogP contribution in [0.4, 0.5) is 20.4 Å². The van der Waals surface area contributed by atoms with Crippen LogP contribution in [0, 0.1) is 22.5 Å². The summed E-state index contributed by atoms with van der Waals surface area (Å²) >= 11 is 0. The number of ether oxygens (including phenoxy) is 5. The fourth-order valence-electron chi connectivity index (χ4n) is 13.4. The molecule has 2 aromatic heterocycles. The van der Waals surface area contributed by atoms with Crippen molar-refractivity contribution in [3.8, 4) is 0 Å². The van der Waals surface area contributed by atoms with Gasteiger partial charge in [-0.15, -0.1) is 0 Å². The fourth-order valence-corrected chi connectivity index (χ4v) is 13.4. The van der Waals surface area contributed by atoms with Gasteiger partial charge in [-0.05, 0) is 230 Å². The van der Waals surface area contributed by atoms with Gasteiger partial charge in [-0.25, -0.2) is 23.5 Å². The van der Waals surface area contributed by atoms with Crippen molar-refractivity contribution in [1.82, 2.24) is 19.8 Å². The van der Waals surface area contributed by atoms with Crippen LogP contribution in [-0.4, -0.2) is 120 Å². The number of nitrogens with zero attached hydrogens (tertiary/aromatic N) is 4. The molecule has 3 N–H and O–H groups in total. The predicted octanol–water partition coefficient (Wildman–Crippen LogP) is 12.2. The first-order chi connectivity index (χ1) is 39.7. The van der Waals surface area contributed by atoms with Crippen molar-refractivity contribution >= 4 is 23.6 Å². The zero-order valence-corrected chi connectivity index (χ0v) is 48.8. The first-order valence-electron chi connectivity index (χ1n) is 31.1. The molecule has 4 aromatic rings. The lowest BCUT2D eigenvalue weighted by atomic mass is 9.88. The Morgan fingerprint density at radius 3 is 1.57 bits per heavy atom. The van der Waals surface area contributed by atoms with Crippen molar-refractivity contribution < 1.29 is 47.2 Å². The van der Waals surface area contributed by atoms with Crippen LogP contribution in [0.15, 0.2) is 60.7 Å². The zero-order chi connectivity index (χ0) is 56.8. The average Bonchev–Trinajstić information content (AvgIpc) is 4.31. The molecule has 82 heavy (non-hydrogen) atoms. The maximum Gasteiger partial charge on any atom is 0.328 e. The molecule has 14 nitrogen and oxygen atoms in total. The Kier molecular flexibility index (Phi) is 18.6. The first kappa shape index (κ1) is 58.7. The predicted molar refractivity (Wildman–Crippen MR) is 311 cm³/mol. The van der Waals surface area contributed by atoms with Crippen molar-refractivity contribution in [1.29, 1.82) is 0 Å². The molecule has 444 valence electrons. The number of carbonyl (C=O) groups is 2. The second-order valence-electron chi connectivity index (χ2n) is 26.0. The van der Waals surface area contributed by atoms with E-state index in [9.17, 15) is 23.5 Å². The lowest BCUT2D eigenvalue weighted by Gasteiger charge is -2.34. The second kappa shape index (κ2) is 26.0. The third-order valence-electron chi connectivity index (χ3n) is 18.6. The van der Waals surface area contributed by atoms with Crippen molar-refractivity contribution in [3.05, 3.63) is 117 Å². The first-order valence-corrected chi connectivity index (χ1v) is 31.1. The number of hydrogen-bond donors (Lipinski definition) is 3. The standard InChI is InChI=1S/C35H48FN3O4.C31H40FN3O4/c1-34(2,3)43-33(40)31(29-21-25(36)10-12-28(29)30-13-15-35(16-17-35)23-42-30)39-19-14-27(22-39)41-20-5-4-8-26-11-9-24-7-6-18-37-32(24)38-26;32-22-7-9-25(27-10-12-31(13-14-31)20-39-27)26(18-22)28(30(36)37)35-16-11-24(19-35)38-17-2-1-5-23-8-6-21-4-3-15-33-29(21)34-23/h9-12,21,27,30-31H,4-8,13-20,22-23H2,1-3H3,(H,37,38);6-9,18,24,27-28H,1-5,10-17,19-20H2,(H,33,34)(H,36,37)/t27-,30?,31?;24-,27?,28?/m11/s1. The van der Waals surface area contributed by atoms with Crippen molar-refractivity contribution in [2.24, 2.45) is 10.8 Å². The minimum Gasteiger partial charge on any atom is -0.480 e. The number of rotatable bonds is 20. The van der Waals surface area contributed by atoms with Gasteiger partial charge in [-0.2, -0.15) is 0 Å². The minimum absolute atomic E-state index is 0.0180. The van der Waals surface area contributed by atoms with E-state index in [1.54, 1.807) is 6.07 Å². The number of aliphatic carboxylic acids is 1. The quantitative estimate of drug-likeness (QED) is 0.0567. The third-order valence-corrected chi connectivity index (χ3v) is 18.6. The highest BCUT2D eigenvalue weighted by molar-refractivity contribution is 5.79. The van der Waals surface area contributed by atoms with Gasteiger partial charge < -0.3 is 39.4 Å². The number of unbranched alkanes of at least 4 members (excludes halogenated alkanes) is 2. The summed E-state index contributed by atoms with van der Waals surface area (Å²) in [4.78, 5) is 39.9. The summed E-state index contributed by atoms with van der Waals surface area (Å²) in [6.45, 7) is 12.8. The SMILES string of the molecule is CC(C)(C)OC(=O)C(c1cc(F)ccc1C1CCC2(CC2)CO1)N1CC[C@@H](OCCCCc2ccc3c(n2)NCCC3)C1.O=C(O)C(c1cc(F)ccc1C1CCC2(CC2)CO1)N1CC[C@@H](OCCCCc2ccc3c(n2)NCCC3)C1. The normalized spacial score (nSPS) is 24.3. The Balaban J connectivity index is 0.000000173. The Labute approximate surface area is 484 Å². The van der Waals surface area contributed by atoms with E-state index in [0.29, 0.717) is 68.0 Å². The van der Waals surface area contributed by atoms with Gasteiger partial charge >= 0.3 is 11.9 Å². The molecule has 6 fully saturated rings. The number of likely N-dealkylation sites (tertiary alicyclic amines) is 2. The summed E-state index contributed by atoms with van der Waals surface area (Å²) in [5.74, 6) is 0.0282. The number of fused-ring (bicyclic) bond motifs is 2. The maximum absolute atomic E-state index is 14.8. The smallest absolute Gasteiger partial charge is 0.328 e. The van der Waals surface area contributed by atoms with Gasteiger partial charge in [0.1, 0.15) is 41.0 Å². The molecule has 0 amide bonds. The Hall–Kier alpha value is -5.10. The molecule has 16 heteroatoms. The highest BCUT2D eigenvalue weighted by atomic mass is 19.1. The van der Waals surface area contributed by atoms with Crippen LogP contribution in [0.1, 0.15) is 193 Å².